The number of carbonyl (C=O) groups excluding carboxylic acids is 1. The highest BCUT2D eigenvalue weighted by atomic mass is 16.6. The minimum absolute atomic E-state index is 0.410. The van der Waals surface area contributed by atoms with E-state index < -0.39 is 11.7 Å². The highest BCUT2D eigenvalue weighted by Gasteiger charge is 2.15. The Morgan fingerprint density at radius 3 is 2.52 bits per heavy atom. The van der Waals surface area contributed by atoms with E-state index in [9.17, 15) is 4.79 Å². The Balaban J connectivity index is 1.86. The number of benzene rings is 1. The monoisotopic (exact) mass is 313 g/mol. The topological polar surface area (TPSA) is 63.2 Å². The van der Waals surface area contributed by atoms with Gasteiger partial charge in [-0.3, -0.25) is 4.98 Å². The van der Waals surface area contributed by atoms with Crippen molar-refractivity contribution in [3.05, 3.63) is 59.9 Å². The van der Waals surface area contributed by atoms with Gasteiger partial charge in [0.1, 0.15) is 5.60 Å². The molecule has 23 heavy (non-hydrogen) atoms. The van der Waals surface area contributed by atoms with Gasteiger partial charge in [-0.15, -0.1) is 0 Å². The minimum Gasteiger partial charge on any atom is -0.444 e. The number of nitrogens with zero attached hydrogens (tertiary/aromatic N) is 1. The highest BCUT2D eigenvalue weighted by Crippen LogP contribution is 2.12. The van der Waals surface area contributed by atoms with Gasteiger partial charge in [0.2, 0.25) is 0 Å². The summed E-state index contributed by atoms with van der Waals surface area (Å²) in [4.78, 5) is 15.7. The quantitative estimate of drug-likeness (QED) is 0.883. The van der Waals surface area contributed by atoms with Crippen molar-refractivity contribution in [2.24, 2.45) is 0 Å². The van der Waals surface area contributed by atoms with E-state index >= 15 is 0 Å². The van der Waals surface area contributed by atoms with Crippen LogP contribution in [-0.2, 0) is 17.8 Å². The van der Waals surface area contributed by atoms with E-state index in [0.29, 0.717) is 6.54 Å². The summed E-state index contributed by atoms with van der Waals surface area (Å²) in [6.07, 6.45) is 3.14. The molecule has 5 nitrogen and oxygen atoms in total. The van der Waals surface area contributed by atoms with Crippen LogP contribution in [0.4, 0.5) is 10.5 Å². The van der Waals surface area contributed by atoms with Gasteiger partial charge in [0, 0.05) is 31.2 Å². The molecule has 1 heterocycles. The first-order valence-electron chi connectivity index (χ1n) is 7.61. The van der Waals surface area contributed by atoms with Crippen molar-refractivity contribution in [3.8, 4) is 0 Å². The Morgan fingerprint density at radius 2 is 1.83 bits per heavy atom. The number of rotatable bonds is 5. The van der Waals surface area contributed by atoms with Gasteiger partial charge in [-0.2, -0.15) is 0 Å². The summed E-state index contributed by atoms with van der Waals surface area (Å²) >= 11 is 0. The van der Waals surface area contributed by atoms with Gasteiger partial charge in [-0.1, -0.05) is 12.1 Å². The molecule has 0 fully saturated rings. The lowest BCUT2D eigenvalue weighted by Crippen LogP contribution is -2.32. The summed E-state index contributed by atoms with van der Waals surface area (Å²) in [6, 6.07) is 11.9. The molecule has 2 aromatic rings. The normalized spacial score (nSPS) is 10.9. The van der Waals surface area contributed by atoms with Gasteiger partial charge < -0.3 is 15.4 Å². The van der Waals surface area contributed by atoms with Crippen LogP contribution >= 0.6 is 0 Å². The first-order valence-corrected chi connectivity index (χ1v) is 7.61. The van der Waals surface area contributed by atoms with Crippen LogP contribution in [0.3, 0.4) is 0 Å². The minimum atomic E-state index is -0.488. The number of aromatic nitrogens is 1. The second-order valence-corrected chi connectivity index (χ2v) is 6.26. The fraction of sp³-hybridized carbons (Fsp3) is 0.333. The Kier molecular flexibility index (Phi) is 5.57. The number of anilines is 1. The van der Waals surface area contributed by atoms with Crippen molar-refractivity contribution >= 4 is 11.8 Å². The van der Waals surface area contributed by atoms with Crippen molar-refractivity contribution in [1.82, 2.24) is 10.3 Å². The predicted octanol–water partition coefficient (Wildman–Crippen LogP) is 3.72. The van der Waals surface area contributed by atoms with Crippen LogP contribution in [0, 0.1) is 0 Å². The van der Waals surface area contributed by atoms with Gasteiger partial charge in [0.05, 0.1) is 0 Å². The molecule has 1 aromatic carbocycles. The van der Waals surface area contributed by atoms with Crippen LogP contribution in [0.5, 0.6) is 0 Å². The van der Waals surface area contributed by atoms with Gasteiger partial charge >= 0.3 is 6.09 Å². The molecule has 122 valence electrons. The first-order chi connectivity index (χ1) is 10.9. The molecule has 0 aliphatic heterocycles. The molecule has 0 unspecified atom stereocenters. The van der Waals surface area contributed by atoms with Gasteiger partial charge in [0.15, 0.2) is 0 Å². The maximum absolute atomic E-state index is 11.7. The van der Waals surface area contributed by atoms with Crippen molar-refractivity contribution in [1.29, 1.82) is 0 Å². The third kappa shape index (κ3) is 6.38. The smallest absolute Gasteiger partial charge is 0.407 e. The van der Waals surface area contributed by atoms with Crippen molar-refractivity contribution < 1.29 is 9.53 Å². The zero-order chi connectivity index (χ0) is 16.7. The van der Waals surface area contributed by atoms with E-state index in [4.69, 9.17) is 4.74 Å². The van der Waals surface area contributed by atoms with Gasteiger partial charge in [-0.05, 0) is 56.2 Å². The second kappa shape index (κ2) is 7.63. The fourth-order valence-electron chi connectivity index (χ4n) is 1.98. The Morgan fingerprint density at radius 1 is 1.09 bits per heavy atom. The SMILES string of the molecule is CC(C)(C)OC(=O)NCc1cccc(NCc2ccncc2)c1. The Bertz CT molecular complexity index is 636. The van der Waals surface area contributed by atoms with Crippen LogP contribution in [0.1, 0.15) is 31.9 Å². The lowest BCUT2D eigenvalue weighted by Gasteiger charge is -2.19. The molecule has 0 radical (unpaired) electrons. The number of ether oxygens (including phenoxy) is 1. The maximum Gasteiger partial charge on any atom is 0.407 e. The van der Waals surface area contributed by atoms with Crippen LogP contribution in [-0.4, -0.2) is 16.7 Å². The summed E-state index contributed by atoms with van der Waals surface area (Å²) in [5, 5.41) is 6.11. The first kappa shape index (κ1) is 16.8. The van der Waals surface area contributed by atoms with Gasteiger partial charge in [-0.25, -0.2) is 4.79 Å². The number of hydrogen-bond acceptors (Lipinski definition) is 4. The largest absolute Gasteiger partial charge is 0.444 e. The Labute approximate surface area is 137 Å². The zero-order valence-electron chi connectivity index (χ0n) is 13.8. The van der Waals surface area contributed by atoms with Crippen LogP contribution in [0.15, 0.2) is 48.8 Å². The summed E-state index contributed by atoms with van der Waals surface area (Å²) in [7, 11) is 0. The molecule has 0 atom stereocenters. The molecule has 0 aliphatic rings. The molecule has 0 bridgehead atoms. The summed E-state index contributed by atoms with van der Waals surface area (Å²) < 4.78 is 5.22. The van der Waals surface area contributed by atoms with E-state index in [1.165, 1.54) is 0 Å². The Hall–Kier alpha value is -2.56. The summed E-state index contributed by atoms with van der Waals surface area (Å²) in [5.74, 6) is 0. The molecule has 0 saturated carbocycles. The molecular weight excluding hydrogens is 290 g/mol. The lowest BCUT2D eigenvalue weighted by atomic mass is 10.2. The van der Waals surface area contributed by atoms with Crippen molar-refractivity contribution in [2.75, 3.05) is 5.32 Å². The molecular formula is C18H23N3O2. The standard InChI is InChI=1S/C18H23N3O2/c1-18(2,3)23-17(22)21-13-15-5-4-6-16(11-15)20-12-14-7-9-19-10-8-14/h4-11,20H,12-13H2,1-3H3,(H,21,22). The fourth-order valence-corrected chi connectivity index (χ4v) is 1.98. The van der Waals surface area contributed by atoms with E-state index in [0.717, 1.165) is 23.4 Å². The third-order valence-corrected chi connectivity index (χ3v) is 3.01. The second-order valence-electron chi connectivity index (χ2n) is 6.26. The average molecular weight is 313 g/mol. The van der Waals surface area contributed by atoms with Crippen LogP contribution in [0.25, 0.3) is 0 Å². The number of carbonyl (C=O) groups is 1. The highest BCUT2D eigenvalue weighted by molar-refractivity contribution is 5.67. The van der Waals surface area contributed by atoms with Gasteiger partial charge in [0.25, 0.3) is 0 Å². The van der Waals surface area contributed by atoms with E-state index in [1.807, 2.05) is 57.2 Å². The molecule has 0 aliphatic carbocycles. The zero-order valence-corrected chi connectivity index (χ0v) is 13.8. The molecule has 5 heteroatoms. The number of pyridine rings is 1. The maximum atomic E-state index is 11.7. The number of amides is 1. The van der Waals surface area contributed by atoms with E-state index in [1.54, 1.807) is 12.4 Å². The van der Waals surface area contributed by atoms with Crippen LogP contribution in [0.2, 0.25) is 0 Å². The molecule has 1 aromatic heterocycles. The number of hydrogen-bond donors (Lipinski definition) is 2. The lowest BCUT2D eigenvalue weighted by molar-refractivity contribution is 0.0523. The van der Waals surface area contributed by atoms with E-state index in [-0.39, 0.29) is 0 Å². The van der Waals surface area contributed by atoms with E-state index in [2.05, 4.69) is 15.6 Å². The van der Waals surface area contributed by atoms with Crippen molar-refractivity contribution in [3.63, 3.8) is 0 Å². The van der Waals surface area contributed by atoms with Crippen molar-refractivity contribution in [2.45, 2.75) is 39.5 Å². The molecule has 0 saturated heterocycles. The van der Waals surface area contributed by atoms with Crippen LogP contribution < -0.4 is 10.6 Å². The third-order valence-electron chi connectivity index (χ3n) is 3.01. The summed E-state index contributed by atoms with van der Waals surface area (Å²) in [6.45, 7) is 6.69. The number of nitrogens with one attached hydrogen (secondary N) is 2. The molecule has 2 rings (SSSR count). The average Bonchev–Trinajstić information content (AvgIpc) is 2.51. The molecule has 0 spiro atoms. The predicted molar refractivity (Wildman–Crippen MR) is 91.1 cm³/mol. The number of alkyl carbamates (subject to hydrolysis) is 1. The molecule has 1 amide bonds. The summed E-state index contributed by atoms with van der Waals surface area (Å²) in [5.41, 5.74) is 2.69. The molecule has 2 N–H and O–H groups in total.